The van der Waals surface area contributed by atoms with Gasteiger partial charge in [-0.25, -0.2) is 0 Å². The molecule has 0 spiro atoms. The number of rotatable bonds is 9. The van der Waals surface area contributed by atoms with Crippen molar-refractivity contribution in [3.63, 3.8) is 0 Å². The fraction of sp³-hybridized carbons (Fsp3) is 0.625. The van der Waals surface area contributed by atoms with Crippen LogP contribution in [0, 0.1) is 0 Å². The van der Waals surface area contributed by atoms with Gasteiger partial charge in [0.15, 0.2) is 0 Å². The highest BCUT2D eigenvalue weighted by Gasteiger charge is 2.13. The molecule has 0 heterocycles. The van der Waals surface area contributed by atoms with Crippen LogP contribution in [0.15, 0.2) is 24.3 Å². The van der Waals surface area contributed by atoms with E-state index in [9.17, 15) is 0 Å². The lowest BCUT2D eigenvalue weighted by molar-refractivity contribution is 0.00645. The van der Waals surface area contributed by atoms with Crippen LogP contribution in [0.2, 0.25) is 0 Å². The van der Waals surface area contributed by atoms with Crippen LogP contribution in [0.4, 0.5) is 0 Å². The fourth-order valence-electron chi connectivity index (χ4n) is 2.11. The maximum absolute atomic E-state index is 9.01. The first kappa shape index (κ1) is 16.2. The summed E-state index contributed by atoms with van der Waals surface area (Å²) in [5, 5.41) is 9.01. The van der Waals surface area contributed by atoms with Crippen LogP contribution in [0.3, 0.4) is 0 Å². The van der Waals surface area contributed by atoms with Gasteiger partial charge in [0.05, 0.1) is 18.8 Å². The van der Waals surface area contributed by atoms with Crippen molar-refractivity contribution in [1.82, 2.24) is 0 Å². The van der Waals surface area contributed by atoms with Gasteiger partial charge in [-0.2, -0.15) is 0 Å². The second kappa shape index (κ2) is 9.08. The van der Waals surface area contributed by atoms with Gasteiger partial charge in [-0.15, -0.1) is 0 Å². The molecule has 0 amide bonds. The Hall–Kier alpha value is -0.900. The Morgan fingerprint density at radius 2 is 1.79 bits per heavy atom. The van der Waals surface area contributed by atoms with E-state index >= 15 is 0 Å². The molecule has 0 aliphatic heterocycles. The molecule has 19 heavy (non-hydrogen) atoms. The molecule has 1 N–H and O–H groups in total. The van der Waals surface area contributed by atoms with Crippen molar-refractivity contribution >= 4 is 0 Å². The number of methoxy groups -OCH3 is 1. The average molecular weight is 266 g/mol. The van der Waals surface area contributed by atoms with Crippen LogP contribution in [-0.4, -0.2) is 31.0 Å². The van der Waals surface area contributed by atoms with Gasteiger partial charge in [0.25, 0.3) is 0 Å². The summed E-state index contributed by atoms with van der Waals surface area (Å²) in [7, 11) is 1.74. The molecule has 0 aromatic heterocycles. The van der Waals surface area contributed by atoms with Gasteiger partial charge in [-0.05, 0) is 44.2 Å². The predicted molar refractivity (Wildman–Crippen MR) is 77.2 cm³/mol. The molecule has 0 radical (unpaired) electrons. The molecule has 3 heteroatoms. The van der Waals surface area contributed by atoms with Gasteiger partial charge in [-0.1, -0.05) is 24.3 Å². The van der Waals surface area contributed by atoms with Crippen LogP contribution < -0.4 is 0 Å². The highest BCUT2D eigenvalue weighted by Crippen LogP contribution is 2.14. The minimum absolute atomic E-state index is 0.104. The summed E-state index contributed by atoms with van der Waals surface area (Å²) in [6.07, 6.45) is 3.40. The minimum atomic E-state index is 0.104. The molecule has 0 saturated heterocycles. The number of aryl methyl sites for hydroxylation is 1. The standard InChI is InChI=1S/C16H26O3/c1-4-19-16(11-13(2)18-3)10-9-14-5-7-15(12-17)8-6-14/h5-8,13,16-17H,4,9-12H2,1-3H3. The molecule has 108 valence electrons. The van der Waals surface area contributed by atoms with E-state index in [0.29, 0.717) is 0 Å². The number of benzene rings is 1. The Labute approximate surface area is 116 Å². The van der Waals surface area contributed by atoms with Gasteiger partial charge < -0.3 is 14.6 Å². The first-order valence-electron chi connectivity index (χ1n) is 7.02. The molecule has 2 unspecified atom stereocenters. The largest absolute Gasteiger partial charge is 0.392 e. The third kappa shape index (κ3) is 6.19. The van der Waals surface area contributed by atoms with Crippen molar-refractivity contribution in [2.45, 2.75) is 51.9 Å². The second-order valence-electron chi connectivity index (χ2n) is 4.87. The zero-order valence-electron chi connectivity index (χ0n) is 12.3. The van der Waals surface area contributed by atoms with Gasteiger partial charge in [0, 0.05) is 13.7 Å². The zero-order chi connectivity index (χ0) is 14.1. The summed E-state index contributed by atoms with van der Waals surface area (Å²) < 4.78 is 11.1. The number of hydrogen-bond donors (Lipinski definition) is 1. The molecule has 0 aliphatic carbocycles. The van der Waals surface area contributed by atoms with E-state index in [4.69, 9.17) is 14.6 Å². The van der Waals surface area contributed by atoms with Crippen molar-refractivity contribution in [2.24, 2.45) is 0 Å². The second-order valence-corrected chi connectivity index (χ2v) is 4.87. The SMILES string of the molecule is CCOC(CCc1ccc(CO)cc1)CC(C)OC. The fourth-order valence-corrected chi connectivity index (χ4v) is 2.11. The van der Waals surface area contributed by atoms with Crippen LogP contribution in [0.25, 0.3) is 0 Å². The molecule has 1 aromatic rings. The summed E-state index contributed by atoms with van der Waals surface area (Å²) in [6.45, 7) is 4.94. The molecule has 3 nitrogen and oxygen atoms in total. The van der Waals surface area contributed by atoms with E-state index in [1.54, 1.807) is 7.11 Å². The number of aliphatic hydroxyl groups excluding tert-OH is 1. The summed E-state index contributed by atoms with van der Waals surface area (Å²) in [5.74, 6) is 0. The highest BCUT2D eigenvalue weighted by atomic mass is 16.5. The number of hydrogen-bond acceptors (Lipinski definition) is 3. The van der Waals surface area contributed by atoms with Gasteiger partial charge >= 0.3 is 0 Å². The summed E-state index contributed by atoms with van der Waals surface area (Å²) in [6, 6.07) is 8.11. The predicted octanol–water partition coefficient (Wildman–Crippen LogP) is 2.94. The summed E-state index contributed by atoms with van der Waals surface area (Å²) >= 11 is 0. The third-order valence-corrected chi connectivity index (χ3v) is 3.36. The summed E-state index contributed by atoms with van der Waals surface area (Å²) in [5.41, 5.74) is 2.24. The van der Waals surface area contributed by atoms with Crippen LogP contribution in [-0.2, 0) is 22.5 Å². The van der Waals surface area contributed by atoms with E-state index in [2.05, 4.69) is 19.1 Å². The van der Waals surface area contributed by atoms with E-state index in [-0.39, 0.29) is 18.8 Å². The Morgan fingerprint density at radius 3 is 2.32 bits per heavy atom. The molecule has 1 aromatic carbocycles. The van der Waals surface area contributed by atoms with Crippen molar-refractivity contribution in [1.29, 1.82) is 0 Å². The van der Waals surface area contributed by atoms with Crippen LogP contribution >= 0.6 is 0 Å². The first-order valence-corrected chi connectivity index (χ1v) is 7.02. The van der Waals surface area contributed by atoms with Crippen LogP contribution in [0.1, 0.15) is 37.8 Å². The normalized spacial score (nSPS) is 14.3. The molecule has 0 saturated carbocycles. The van der Waals surface area contributed by atoms with Crippen molar-refractivity contribution < 1.29 is 14.6 Å². The van der Waals surface area contributed by atoms with E-state index in [0.717, 1.165) is 31.4 Å². The Bertz CT molecular complexity index is 334. The molecule has 0 bridgehead atoms. The van der Waals surface area contributed by atoms with Crippen molar-refractivity contribution in [3.8, 4) is 0 Å². The van der Waals surface area contributed by atoms with E-state index in [1.807, 2.05) is 19.1 Å². The highest BCUT2D eigenvalue weighted by molar-refractivity contribution is 5.22. The van der Waals surface area contributed by atoms with Gasteiger partial charge in [0.2, 0.25) is 0 Å². The lowest BCUT2D eigenvalue weighted by Gasteiger charge is -2.20. The third-order valence-electron chi connectivity index (χ3n) is 3.36. The number of aliphatic hydroxyl groups is 1. The quantitative estimate of drug-likeness (QED) is 0.747. The maximum atomic E-state index is 9.01. The Balaban J connectivity index is 2.45. The van der Waals surface area contributed by atoms with Gasteiger partial charge in [0.1, 0.15) is 0 Å². The monoisotopic (exact) mass is 266 g/mol. The van der Waals surface area contributed by atoms with Crippen molar-refractivity contribution in [2.75, 3.05) is 13.7 Å². The van der Waals surface area contributed by atoms with Gasteiger partial charge in [-0.3, -0.25) is 0 Å². The number of ether oxygens (including phenoxy) is 2. The molecular weight excluding hydrogens is 240 g/mol. The molecular formula is C16H26O3. The molecule has 1 rings (SSSR count). The molecule has 0 fully saturated rings. The topological polar surface area (TPSA) is 38.7 Å². The van der Waals surface area contributed by atoms with E-state index < -0.39 is 0 Å². The lowest BCUT2D eigenvalue weighted by atomic mass is 10.0. The zero-order valence-corrected chi connectivity index (χ0v) is 12.3. The first-order chi connectivity index (χ1) is 9.19. The molecule has 0 aliphatic rings. The average Bonchev–Trinajstić information content (AvgIpc) is 2.45. The van der Waals surface area contributed by atoms with E-state index in [1.165, 1.54) is 5.56 Å². The minimum Gasteiger partial charge on any atom is -0.392 e. The smallest absolute Gasteiger partial charge is 0.0681 e. The Kier molecular flexibility index (Phi) is 7.72. The molecule has 2 atom stereocenters. The lowest BCUT2D eigenvalue weighted by Crippen LogP contribution is -2.21. The van der Waals surface area contributed by atoms with Crippen LogP contribution in [0.5, 0.6) is 0 Å². The summed E-state index contributed by atoms with van der Waals surface area (Å²) in [4.78, 5) is 0. The Morgan fingerprint density at radius 1 is 1.16 bits per heavy atom. The maximum Gasteiger partial charge on any atom is 0.0681 e. The van der Waals surface area contributed by atoms with Crippen molar-refractivity contribution in [3.05, 3.63) is 35.4 Å².